The van der Waals surface area contributed by atoms with Crippen molar-refractivity contribution >= 4 is 5.78 Å². The number of benzene rings is 2. The minimum Gasteiger partial charge on any atom is -0.384 e. The van der Waals surface area contributed by atoms with E-state index in [1.165, 1.54) is 16.7 Å². The Bertz CT molecular complexity index is 671. The number of aryl methyl sites for hydroxylation is 1. The van der Waals surface area contributed by atoms with Gasteiger partial charge in [0.25, 0.3) is 0 Å². The third-order valence-corrected chi connectivity index (χ3v) is 4.16. The lowest BCUT2D eigenvalue weighted by molar-refractivity contribution is -0.115. The molecule has 0 fully saturated rings. The van der Waals surface area contributed by atoms with Crippen LogP contribution in [0.15, 0.2) is 66.4 Å². The number of ketones is 1. The van der Waals surface area contributed by atoms with Crippen LogP contribution in [0.4, 0.5) is 0 Å². The zero-order chi connectivity index (χ0) is 15.4. The van der Waals surface area contributed by atoms with Crippen molar-refractivity contribution < 1.29 is 4.79 Å². The van der Waals surface area contributed by atoms with Crippen molar-refractivity contribution in [3.63, 3.8) is 0 Å². The maximum atomic E-state index is 12.0. The SMILES string of the molecule is Cc1ccc([C@@H]2CC(=O)C=C(NCc3ccccc3)C2)cc1. The third kappa shape index (κ3) is 3.64. The monoisotopic (exact) mass is 291 g/mol. The zero-order valence-corrected chi connectivity index (χ0v) is 12.9. The highest BCUT2D eigenvalue weighted by Gasteiger charge is 2.22. The van der Waals surface area contributed by atoms with Gasteiger partial charge in [-0.15, -0.1) is 0 Å². The van der Waals surface area contributed by atoms with Gasteiger partial charge in [-0.3, -0.25) is 4.79 Å². The van der Waals surface area contributed by atoms with Gasteiger partial charge in [-0.1, -0.05) is 60.2 Å². The van der Waals surface area contributed by atoms with E-state index in [1.54, 1.807) is 6.08 Å². The van der Waals surface area contributed by atoms with Gasteiger partial charge in [0.05, 0.1) is 0 Å². The van der Waals surface area contributed by atoms with E-state index in [-0.39, 0.29) is 11.7 Å². The van der Waals surface area contributed by atoms with Crippen molar-refractivity contribution in [1.82, 2.24) is 5.32 Å². The van der Waals surface area contributed by atoms with Gasteiger partial charge in [-0.2, -0.15) is 0 Å². The highest BCUT2D eigenvalue weighted by Crippen LogP contribution is 2.30. The summed E-state index contributed by atoms with van der Waals surface area (Å²) in [7, 11) is 0. The zero-order valence-electron chi connectivity index (χ0n) is 12.9. The third-order valence-electron chi connectivity index (χ3n) is 4.16. The number of allylic oxidation sites excluding steroid dienone is 2. The molecule has 3 rings (SSSR count). The highest BCUT2D eigenvalue weighted by molar-refractivity contribution is 5.91. The van der Waals surface area contributed by atoms with E-state index in [2.05, 4.69) is 48.6 Å². The van der Waals surface area contributed by atoms with Crippen molar-refractivity contribution in [2.75, 3.05) is 0 Å². The molecular formula is C20H21NO. The summed E-state index contributed by atoms with van der Waals surface area (Å²) in [6, 6.07) is 18.8. The summed E-state index contributed by atoms with van der Waals surface area (Å²) >= 11 is 0. The highest BCUT2D eigenvalue weighted by atomic mass is 16.1. The van der Waals surface area contributed by atoms with Crippen LogP contribution >= 0.6 is 0 Å². The quantitative estimate of drug-likeness (QED) is 0.918. The molecule has 2 aromatic rings. The molecule has 0 aromatic heterocycles. The Kier molecular flexibility index (Phi) is 4.38. The Morgan fingerprint density at radius 1 is 1.00 bits per heavy atom. The molecule has 1 atom stereocenters. The Morgan fingerprint density at radius 3 is 2.45 bits per heavy atom. The largest absolute Gasteiger partial charge is 0.384 e. The first-order chi connectivity index (χ1) is 10.7. The molecule has 0 bridgehead atoms. The summed E-state index contributed by atoms with van der Waals surface area (Å²) in [6.45, 7) is 2.85. The summed E-state index contributed by atoms with van der Waals surface area (Å²) < 4.78 is 0. The molecule has 0 spiro atoms. The predicted octanol–water partition coefficient (Wildman–Crippen LogP) is 4.12. The van der Waals surface area contributed by atoms with Gasteiger partial charge >= 0.3 is 0 Å². The number of nitrogens with one attached hydrogen (secondary N) is 1. The molecule has 2 aromatic carbocycles. The van der Waals surface area contributed by atoms with Gasteiger partial charge in [0.1, 0.15) is 0 Å². The van der Waals surface area contributed by atoms with Crippen LogP contribution in [0.25, 0.3) is 0 Å². The summed E-state index contributed by atoms with van der Waals surface area (Å²) in [5, 5.41) is 3.42. The van der Waals surface area contributed by atoms with Gasteiger partial charge in [0.15, 0.2) is 5.78 Å². The summed E-state index contributed by atoms with van der Waals surface area (Å²) in [5.74, 6) is 0.503. The lowest BCUT2D eigenvalue weighted by Gasteiger charge is -2.23. The number of carbonyl (C=O) groups is 1. The molecular weight excluding hydrogens is 270 g/mol. The van der Waals surface area contributed by atoms with Crippen LogP contribution in [0.2, 0.25) is 0 Å². The van der Waals surface area contributed by atoms with Crippen LogP contribution in [0.1, 0.15) is 35.4 Å². The Balaban J connectivity index is 1.67. The number of hydrogen-bond acceptors (Lipinski definition) is 2. The average molecular weight is 291 g/mol. The molecule has 0 saturated heterocycles. The van der Waals surface area contributed by atoms with Crippen molar-refractivity contribution in [2.45, 2.75) is 32.2 Å². The number of carbonyl (C=O) groups excluding carboxylic acids is 1. The van der Waals surface area contributed by atoms with Gasteiger partial charge in [0.2, 0.25) is 0 Å². The minimum absolute atomic E-state index is 0.215. The van der Waals surface area contributed by atoms with E-state index in [0.717, 1.165) is 18.7 Å². The molecule has 0 radical (unpaired) electrons. The smallest absolute Gasteiger partial charge is 0.158 e. The molecule has 2 heteroatoms. The van der Waals surface area contributed by atoms with E-state index >= 15 is 0 Å². The molecule has 0 heterocycles. The fourth-order valence-electron chi connectivity index (χ4n) is 2.90. The molecule has 0 aliphatic heterocycles. The molecule has 2 nitrogen and oxygen atoms in total. The van der Waals surface area contributed by atoms with Crippen LogP contribution in [0.5, 0.6) is 0 Å². The average Bonchev–Trinajstić information content (AvgIpc) is 2.54. The fraction of sp³-hybridized carbons (Fsp3) is 0.250. The van der Waals surface area contributed by atoms with Crippen molar-refractivity contribution in [3.05, 3.63) is 83.1 Å². The first kappa shape index (κ1) is 14.6. The number of rotatable bonds is 4. The van der Waals surface area contributed by atoms with Gasteiger partial charge in [-0.25, -0.2) is 0 Å². The Hall–Kier alpha value is -2.35. The Labute approximate surface area is 131 Å². The van der Waals surface area contributed by atoms with Gasteiger partial charge in [0, 0.05) is 24.7 Å². The molecule has 1 aliphatic carbocycles. The van der Waals surface area contributed by atoms with Crippen LogP contribution in [0, 0.1) is 6.92 Å². The van der Waals surface area contributed by atoms with Crippen LogP contribution in [0.3, 0.4) is 0 Å². The van der Waals surface area contributed by atoms with E-state index < -0.39 is 0 Å². The van der Waals surface area contributed by atoms with Crippen LogP contribution in [-0.4, -0.2) is 5.78 Å². The van der Waals surface area contributed by atoms with Crippen molar-refractivity contribution in [1.29, 1.82) is 0 Å². The lowest BCUT2D eigenvalue weighted by Crippen LogP contribution is -2.21. The minimum atomic E-state index is 0.215. The summed E-state index contributed by atoms with van der Waals surface area (Å²) in [6.07, 6.45) is 3.29. The number of hydrogen-bond donors (Lipinski definition) is 1. The second-order valence-corrected chi connectivity index (χ2v) is 5.99. The first-order valence-corrected chi connectivity index (χ1v) is 7.78. The van der Waals surface area contributed by atoms with E-state index in [1.807, 2.05) is 18.2 Å². The lowest BCUT2D eigenvalue weighted by atomic mass is 9.85. The van der Waals surface area contributed by atoms with Gasteiger partial charge < -0.3 is 5.32 Å². The van der Waals surface area contributed by atoms with E-state index in [9.17, 15) is 4.79 Å². The van der Waals surface area contributed by atoms with Crippen LogP contribution in [-0.2, 0) is 11.3 Å². The Morgan fingerprint density at radius 2 is 1.73 bits per heavy atom. The van der Waals surface area contributed by atoms with Gasteiger partial charge in [-0.05, 0) is 30.4 Å². The maximum absolute atomic E-state index is 12.0. The normalized spacial score (nSPS) is 18.0. The van der Waals surface area contributed by atoms with E-state index in [0.29, 0.717) is 6.42 Å². The molecule has 0 unspecified atom stereocenters. The summed E-state index contributed by atoms with van der Waals surface area (Å²) in [5.41, 5.74) is 4.79. The second-order valence-electron chi connectivity index (χ2n) is 5.99. The molecule has 0 saturated carbocycles. The predicted molar refractivity (Wildman–Crippen MR) is 89.5 cm³/mol. The van der Waals surface area contributed by atoms with E-state index in [4.69, 9.17) is 0 Å². The summed E-state index contributed by atoms with van der Waals surface area (Å²) in [4.78, 5) is 12.0. The first-order valence-electron chi connectivity index (χ1n) is 7.78. The van der Waals surface area contributed by atoms with Crippen molar-refractivity contribution in [3.8, 4) is 0 Å². The van der Waals surface area contributed by atoms with Crippen molar-refractivity contribution in [2.24, 2.45) is 0 Å². The molecule has 1 N–H and O–H groups in total. The molecule has 0 amide bonds. The molecule has 1 aliphatic rings. The topological polar surface area (TPSA) is 29.1 Å². The fourth-order valence-corrected chi connectivity index (χ4v) is 2.90. The molecule has 112 valence electrons. The standard InChI is InChI=1S/C20H21NO/c1-15-7-9-17(10-8-15)18-11-19(13-20(22)12-18)21-14-16-5-3-2-4-6-16/h2-10,13,18,21H,11-12,14H2,1H3/t18-/m0/s1. The van der Waals surface area contributed by atoms with Crippen LogP contribution < -0.4 is 5.32 Å². The second kappa shape index (κ2) is 6.61. The maximum Gasteiger partial charge on any atom is 0.158 e. The molecule has 22 heavy (non-hydrogen) atoms.